The van der Waals surface area contributed by atoms with E-state index in [1.807, 2.05) is 32.2 Å². The van der Waals surface area contributed by atoms with Crippen molar-refractivity contribution in [2.24, 2.45) is 0 Å². The van der Waals surface area contributed by atoms with Crippen molar-refractivity contribution in [3.05, 3.63) is 39.0 Å². The fraction of sp³-hybridized carbons (Fsp3) is 0.333. The van der Waals surface area contributed by atoms with Gasteiger partial charge in [-0.15, -0.1) is 0 Å². The van der Waals surface area contributed by atoms with Gasteiger partial charge in [0, 0.05) is 28.3 Å². The molecule has 0 saturated carbocycles. The molecule has 0 aliphatic heterocycles. The number of rotatable bonds is 3. The van der Waals surface area contributed by atoms with E-state index in [2.05, 4.69) is 45.1 Å². The zero-order chi connectivity index (χ0) is 14.9. The smallest absolute Gasteiger partial charge is 0.161 e. The molecule has 1 N–H and O–H groups in total. The Balaban J connectivity index is 2.58. The van der Waals surface area contributed by atoms with Gasteiger partial charge in [0.1, 0.15) is 5.82 Å². The van der Waals surface area contributed by atoms with E-state index in [-0.39, 0.29) is 0 Å². The molecule has 5 heteroatoms. The van der Waals surface area contributed by atoms with E-state index in [0.29, 0.717) is 16.8 Å². The highest BCUT2D eigenvalue weighted by molar-refractivity contribution is 9.10. The van der Waals surface area contributed by atoms with Crippen LogP contribution in [-0.4, -0.2) is 17.0 Å². The number of aryl methyl sites for hydroxylation is 1. The lowest BCUT2D eigenvalue weighted by atomic mass is 10.0. The predicted octanol–water partition coefficient (Wildman–Crippen LogP) is 5.03. The second-order valence-corrected chi connectivity index (χ2v) is 6.19. The van der Waals surface area contributed by atoms with Crippen molar-refractivity contribution in [1.29, 1.82) is 0 Å². The number of benzene rings is 1. The van der Waals surface area contributed by atoms with E-state index in [4.69, 9.17) is 11.6 Å². The van der Waals surface area contributed by atoms with E-state index in [1.165, 1.54) is 0 Å². The maximum Gasteiger partial charge on any atom is 0.161 e. The second-order valence-electron chi connectivity index (χ2n) is 4.93. The molecule has 106 valence electrons. The Kier molecular flexibility index (Phi) is 4.66. The van der Waals surface area contributed by atoms with Gasteiger partial charge in [-0.25, -0.2) is 9.97 Å². The highest BCUT2D eigenvalue weighted by Crippen LogP contribution is 2.30. The molecule has 20 heavy (non-hydrogen) atoms. The van der Waals surface area contributed by atoms with Crippen LogP contribution in [0.2, 0.25) is 5.02 Å². The van der Waals surface area contributed by atoms with E-state index in [9.17, 15) is 0 Å². The normalized spacial score (nSPS) is 10.9. The summed E-state index contributed by atoms with van der Waals surface area (Å²) in [4.78, 5) is 9.26. The number of aromatic nitrogens is 2. The molecule has 0 fully saturated rings. The van der Waals surface area contributed by atoms with Crippen LogP contribution < -0.4 is 5.32 Å². The number of nitrogens with zero attached hydrogens (tertiary/aromatic N) is 2. The molecule has 0 aliphatic carbocycles. The van der Waals surface area contributed by atoms with Crippen LogP contribution in [0, 0.1) is 6.92 Å². The molecule has 1 aromatic heterocycles. The summed E-state index contributed by atoms with van der Waals surface area (Å²) >= 11 is 9.46. The van der Waals surface area contributed by atoms with Crippen LogP contribution in [-0.2, 0) is 0 Å². The molecule has 0 saturated heterocycles. The fourth-order valence-electron chi connectivity index (χ4n) is 2.23. The zero-order valence-corrected chi connectivity index (χ0v) is 14.3. The van der Waals surface area contributed by atoms with Crippen LogP contribution >= 0.6 is 27.5 Å². The lowest BCUT2D eigenvalue weighted by Crippen LogP contribution is -2.07. The zero-order valence-electron chi connectivity index (χ0n) is 12.0. The SMILES string of the molecule is CNc1nc(-c2ccc(Cl)c(Br)c2)nc(C)c1C(C)C. The van der Waals surface area contributed by atoms with Crippen LogP contribution in [0.1, 0.15) is 31.0 Å². The summed E-state index contributed by atoms with van der Waals surface area (Å²) in [6.45, 7) is 6.31. The van der Waals surface area contributed by atoms with Gasteiger partial charge in [0.25, 0.3) is 0 Å². The minimum absolute atomic E-state index is 0.378. The van der Waals surface area contributed by atoms with E-state index >= 15 is 0 Å². The summed E-state index contributed by atoms with van der Waals surface area (Å²) in [5.74, 6) is 1.96. The molecule has 3 nitrogen and oxygen atoms in total. The lowest BCUT2D eigenvalue weighted by Gasteiger charge is -2.15. The quantitative estimate of drug-likeness (QED) is 0.839. The maximum atomic E-state index is 6.02. The number of nitrogens with one attached hydrogen (secondary N) is 1. The Morgan fingerprint density at radius 1 is 1.25 bits per heavy atom. The Bertz CT molecular complexity index is 641. The van der Waals surface area contributed by atoms with Crippen LogP contribution in [0.15, 0.2) is 22.7 Å². The molecule has 0 amide bonds. The number of hydrogen-bond acceptors (Lipinski definition) is 3. The highest BCUT2D eigenvalue weighted by atomic mass is 79.9. The van der Waals surface area contributed by atoms with Gasteiger partial charge in [-0.05, 0) is 47.0 Å². The summed E-state index contributed by atoms with van der Waals surface area (Å²) in [6, 6.07) is 5.71. The molecule has 0 aliphatic rings. The van der Waals surface area contributed by atoms with Crippen molar-refractivity contribution >= 4 is 33.3 Å². The average molecular weight is 355 g/mol. The third-order valence-corrected chi connectivity index (χ3v) is 4.34. The van der Waals surface area contributed by atoms with Crippen molar-refractivity contribution in [3.63, 3.8) is 0 Å². The first-order valence-corrected chi connectivity index (χ1v) is 7.62. The standard InChI is InChI=1S/C15H17BrClN3/c1-8(2)13-9(3)19-14(20-15(13)18-4)10-5-6-12(17)11(16)7-10/h5-8H,1-4H3,(H,18,19,20). The summed E-state index contributed by atoms with van der Waals surface area (Å²) in [7, 11) is 1.88. The van der Waals surface area contributed by atoms with Gasteiger partial charge in [-0.3, -0.25) is 0 Å². The molecule has 0 spiro atoms. The highest BCUT2D eigenvalue weighted by Gasteiger charge is 2.15. The molecule has 0 unspecified atom stereocenters. The maximum absolute atomic E-state index is 6.02. The molecule has 2 aromatic rings. The van der Waals surface area contributed by atoms with E-state index in [1.54, 1.807) is 0 Å². The van der Waals surface area contributed by atoms with Crippen LogP contribution in [0.25, 0.3) is 11.4 Å². The van der Waals surface area contributed by atoms with E-state index < -0.39 is 0 Å². The molecule has 0 atom stereocenters. The largest absolute Gasteiger partial charge is 0.373 e. The third-order valence-electron chi connectivity index (χ3n) is 3.13. The first kappa shape index (κ1) is 15.3. The number of anilines is 1. The van der Waals surface area contributed by atoms with Crippen molar-refractivity contribution in [2.75, 3.05) is 12.4 Å². The van der Waals surface area contributed by atoms with Gasteiger partial charge in [-0.2, -0.15) is 0 Å². The summed E-state index contributed by atoms with van der Waals surface area (Å²) in [5.41, 5.74) is 3.10. The van der Waals surface area contributed by atoms with Gasteiger partial charge in [0.2, 0.25) is 0 Å². The molecule has 2 rings (SSSR count). The fourth-order valence-corrected chi connectivity index (χ4v) is 2.72. The van der Waals surface area contributed by atoms with Gasteiger partial charge < -0.3 is 5.32 Å². The third kappa shape index (κ3) is 2.96. The molecule has 1 heterocycles. The molecule has 0 bridgehead atoms. The Morgan fingerprint density at radius 2 is 1.95 bits per heavy atom. The summed E-state index contributed by atoms with van der Waals surface area (Å²) in [6.07, 6.45) is 0. The topological polar surface area (TPSA) is 37.8 Å². The van der Waals surface area contributed by atoms with Crippen molar-refractivity contribution in [2.45, 2.75) is 26.7 Å². The summed E-state index contributed by atoms with van der Waals surface area (Å²) < 4.78 is 0.844. The molecular weight excluding hydrogens is 338 g/mol. The van der Waals surface area contributed by atoms with Crippen LogP contribution in [0.5, 0.6) is 0 Å². The summed E-state index contributed by atoms with van der Waals surface area (Å²) in [5, 5.41) is 3.84. The predicted molar refractivity (Wildman–Crippen MR) is 88.6 cm³/mol. The number of hydrogen-bond donors (Lipinski definition) is 1. The van der Waals surface area contributed by atoms with Crippen molar-refractivity contribution < 1.29 is 0 Å². The number of halogens is 2. The molecule has 1 aromatic carbocycles. The van der Waals surface area contributed by atoms with Gasteiger partial charge in [0.05, 0.1) is 5.02 Å². The van der Waals surface area contributed by atoms with Crippen molar-refractivity contribution in [3.8, 4) is 11.4 Å². The van der Waals surface area contributed by atoms with Crippen LogP contribution in [0.3, 0.4) is 0 Å². The first-order valence-electron chi connectivity index (χ1n) is 6.45. The van der Waals surface area contributed by atoms with Gasteiger partial charge in [-0.1, -0.05) is 25.4 Å². The first-order chi connectivity index (χ1) is 9.43. The Labute approximate surface area is 132 Å². The monoisotopic (exact) mass is 353 g/mol. The second kappa shape index (κ2) is 6.10. The molecular formula is C15H17BrClN3. The molecule has 0 radical (unpaired) electrons. The van der Waals surface area contributed by atoms with Gasteiger partial charge in [0.15, 0.2) is 5.82 Å². The Morgan fingerprint density at radius 3 is 2.50 bits per heavy atom. The lowest BCUT2D eigenvalue weighted by molar-refractivity contribution is 0.833. The van der Waals surface area contributed by atoms with Gasteiger partial charge >= 0.3 is 0 Å². The van der Waals surface area contributed by atoms with Crippen molar-refractivity contribution in [1.82, 2.24) is 9.97 Å². The minimum atomic E-state index is 0.378. The van der Waals surface area contributed by atoms with Crippen LogP contribution in [0.4, 0.5) is 5.82 Å². The minimum Gasteiger partial charge on any atom is -0.373 e. The Hall–Kier alpha value is -1.13. The van der Waals surface area contributed by atoms with E-state index in [0.717, 1.165) is 27.1 Å². The average Bonchev–Trinajstić information content (AvgIpc) is 2.40.